The van der Waals surface area contributed by atoms with Gasteiger partial charge in [0.25, 0.3) is 0 Å². The summed E-state index contributed by atoms with van der Waals surface area (Å²) in [7, 11) is 0. The van der Waals surface area contributed by atoms with Crippen LogP contribution in [0.5, 0.6) is 11.5 Å². The molecular formula is C28H35FN2O4. The third-order valence-corrected chi connectivity index (χ3v) is 6.79. The molecule has 6 nitrogen and oxygen atoms in total. The highest BCUT2D eigenvalue weighted by Crippen LogP contribution is 2.43. The Kier molecular flexibility index (Phi) is 8.06. The number of benzene rings is 2. The van der Waals surface area contributed by atoms with Crippen LogP contribution in [0, 0.1) is 19.7 Å². The van der Waals surface area contributed by atoms with E-state index < -0.39 is 0 Å². The first-order valence-electron chi connectivity index (χ1n) is 12.5. The Morgan fingerprint density at radius 3 is 2.46 bits per heavy atom. The maximum absolute atomic E-state index is 13.3. The molecule has 3 aromatic rings. The van der Waals surface area contributed by atoms with Gasteiger partial charge in [0.2, 0.25) is 11.3 Å². The lowest BCUT2D eigenvalue weighted by Gasteiger charge is -2.26. The summed E-state index contributed by atoms with van der Waals surface area (Å²) in [6.07, 6.45) is 4.40. The van der Waals surface area contributed by atoms with Gasteiger partial charge in [-0.3, -0.25) is 9.69 Å². The Morgan fingerprint density at radius 2 is 1.77 bits per heavy atom. The summed E-state index contributed by atoms with van der Waals surface area (Å²) in [6.45, 7) is 11.1. The van der Waals surface area contributed by atoms with Crippen LogP contribution in [-0.4, -0.2) is 48.5 Å². The molecule has 2 heterocycles. The highest BCUT2D eigenvalue weighted by atomic mass is 19.1. The van der Waals surface area contributed by atoms with Crippen molar-refractivity contribution in [3.05, 3.63) is 52.7 Å². The number of Topliss-reactive ketones (excluding diaryl/α,β-unsaturated/α-hetero) is 1. The molecule has 1 fully saturated rings. The molecule has 0 radical (unpaired) electrons. The number of nitrogens with zero attached hydrogens (tertiary/aromatic N) is 2. The van der Waals surface area contributed by atoms with Crippen LogP contribution in [0.15, 0.2) is 28.7 Å². The molecule has 2 aromatic carbocycles. The third-order valence-electron chi connectivity index (χ3n) is 6.79. The first kappa shape index (κ1) is 25.2. The fourth-order valence-corrected chi connectivity index (χ4v) is 4.79. The number of halogens is 1. The molecule has 1 aromatic heterocycles. The Balaban J connectivity index is 1.58. The fraction of sp³-hybridized carbons (Fsp3) is 0.500. The molecule has 4 rings (SSSR count). The highest BCUT2D eigenvalue weighted by Gasteiger charge is 2.27. The van der Waals surface area contributed by atoms with Crippen molar-refractivity contribution in [3.63, 3.8) is 0 Å². The largest absolute Gasteiger partial charge is 0.487 e. The molecule has 0 aliphatic carbocycles. The van der Waals surface area contributed by atoms with Crippen molar-refractivity contribution >= 4 is 16.9 Å². The van der Waals surface area contributed by atoms with Crippen molar-refractivity contribution < 1.29 is 23.1 Å². The predicted octanol–water partition coefficient (Wildman–Crippen LogP) is 6.22. The minimum Gasteiger partial charge on any atom is -0.487 e. The second-order valence-electron chi connectivity index (χ2n) is 9.47. The smallest absolute Gasteiger partial charge is 0.207 e. The van der Waals surface area contributed by atoms with Crippen molar-refractivity contribution in [1.29, 1.82) is 0 Å². The Bertz CT molecular complexity index is 1170. The number of piperidine rings is 1. The summed E-state index contributed by atoms with van der Waals surface area (Å²) in [4.78, 5) is 19.6. The van der Waals surface area contributed by atoms with E-state index in [2.05, 4.69) is 16.8 Å². The topological polar surface area (TPSA) is 64.8 Å². The van der Waals surface area contributed by atoms with Crippen LogP contribution in [-0.2, 0) is 0 Å². The van der Waals surface area contributed by atoms with Crippen LogP contribution in [0.1, 0.15) is 72.8 Å². The molecule has 0 saturated carbocycles. The maximum Gasteiger partial charge on any atom is 0.207 e. The number of ether oxygens (including phenoxy) is 2. The predicted molar refractivity (Wildman–Crippen MR) is 134 cm³/mol. The summed E-state index contributed by atoms with van der Waals surface area (Å²) >= 11 is 0. The summed E-state index contributed by atoms with van der Waals surface area (Å²) < 4.78 is 31.8. The molecule has 1 aliphatic rings. The second kappa shape index (κ2) is 11.2. The molecule has 0 N–H and O–H groups in total. The molecule has 0 spiro atoms. The first-order chi connectivity index (χ1) is 16.8. The number of oxazole rings is 1. The lowest BCUT2D eigenvalue weighted by atomic mass is 9.98. The molecule has 1 saturated heterocycles. The van der Waals surface area contributed by atoms with Gasteiger partial charge in [-0.1, -0.05) is 25.5 Å². The van der Waals surface area contributed by atoms with Gasteiger partial charge in [0.1, 0.15) is 17.9 Å². The Labute approximate surface area is 206 Å². The molecule has 35 heavy (non-hydrogen) atoms. The van der Waals surface area contributed by atoms with Gasteiger partial charge in [-0.05, 0) is 75.4 Å². The molecule has 1 atom stereocenters. The number of likely N-dealkylation sites (tertiary alicyclic amines) is 1. The number of hydrogen-bond donors (Lipinski definition) is 0. The standard InChI is InChI=1S/C28H35FN2O4/c1-18(22-8-10-23(29)11-9-22)12-16-33-28-26(34-17-15-31-13-6-5-7-14-31)24(20(3)32)19(2)25-27(28)35-21(4)30-25/h8-11,18H,5-7,12-17H2,1-4H3. The van der Waals surface area contributed by atoms with Gasteiger partial charge in [-0.2, -0.15) is 0 Å². The van der Waals surface area contributed by atoms with Crippen molar-refractivity contribution in [1.82, 2.24) is 9.88 Å². The Hall–Kier alpha value is -2.93. The zero-order chi connectivity index (χ0) is 24.9. The first-order valence-corrected chi connectivity index (χ1v) is 12.5. The number of hydrogen-bond acceptors (Lipinski definition) is 6. The third kappa shape index (κ3) is 5.84. The number of rotatable bonds is 10. The summed E-state index contributed by atoms with van der Waals surface area (Å²) in [5.41, 5.74) is 3.41. The van der Waals surface area contributed by atoms with Gasteiger partial charge in [-0.15, -0.1) is 0 Å². The van der Waals surface area contributed by atoms with E-state index in [1.807, 2.05) is 6.92 Å². The van der Waals surface area contributed by atoms with Gasteiger partial charge in [0.15, 0.2) is 17.4 Å². The number of aryl methyl sites for hydroxylation is 2. The summed E-state index contributed by atoms with van der Waals surface area (Å²) in [5, 5.41) is 0. The van der Waals surface area contributed by atoms with Crippen LogP contribution in [0.4, 0.5) is 4.39 Å². The normalized spacial score (nSPS) is 15.3. The lowest BCUT2D eigenvalue weighted by molar-refractivity contribution is 0.101. The van der Waals surface area contributed by atoms with Gasteiger partial charge in [0, 0.05) is 13.5 Å². The van der Waals surface area contributed by atoms with Crippen LogP contribution in [0.3, 0.4) is 0 Å². The van der Waals surface area contributed by atoms with E-state index in [0.717, 1.165) is 30.8 Å². The van der Waals surface area contributed by atoms with E-state index in [1.54, 1.807) is 26.0 Å². The van der Waals surface area contributed by atoms with Crippen LogP contribution in [0.2, 0.25) is 0 Å². The van der Waals surface area contributed by atoms with Gasteiger partial charge < -0.3 is 13.9 Å². The van der Waals surface area contributed by atoms with Crippen molar-refractivity contribution in [2.24, 2.45) is 0 Å². The van der Waals surface area contributed by atoms with E-state index in [9.17, 15) is 9.18 Å². The molecule has 1 unspecified atom stereocenters. The quantitative estimate of drug-likeness (QED) is 0.320. The van der Waals surface area contributed by atoms with E-state index in [0.29, 0.717) is 53.7 Å². The van der Waals surface area contributed by atoms with E-state index in [-0.39, 0.29) is 17.5 Å². The minimum atomic E-state index is -0.247. The van der Waals surface area contributed by atoms with E-state index in [4.69, 9.17) is 13.9 Å². The van der Waals surface area contributed by atoms with Gasteiger partial charge in [-0.25, -0.2) is 9.37 Å². The van der Waals surface area contributed by atoms with Crippen molar-refractivity contribution in [2.45, 2.75) is 59.3 Å². The molecular weight excluding hydrogens is 447 g/mol. The average Bonchev–Trinajstić information content (AvgIpc) is 3.23. The van der Waals surface area contributed by atoms with E-state index >= 15 is 0 Å². The van der Waals surface area contributed by atoms with Crippen LogP contribution >= 0.6 is 0 Å². The van der Waals surface area contributed by atoms with Crippen molar-refractivity contribution in [2.75, 3.05) is 32.8 Å². The number of carbonyl (C=O) groups excluding carboxylic acids is 1. The summed E-state index contributed by atoms with van der Waals surface area (Å²) in [6, 6.07) is 6.54. The highest BCUT2D eigenvalue weighted by molar-refractivity contribution is 6.05. The SMILES string of the molecule is CC(=O)c1c(OCCN2CCCCC2)c(OCCC(C)c2ccc(F)cc2)c2oc(C)nc2c1C. The zero-order valence-corrected chi connectivity index (χ0v) is 21.2. The summed E-state index contributed by atoms with van der Waals surface area (Å²) in [5.74, 6) is 1.20. The van der Waals surface area contributed by atoms with Crippen LogP contribution < -0.4 is 9.47 Å². The average molecular weight is 483 g/mol. The molecule has 0 bridgehead atoms. The fourth-order valence-electron chi connectivity index (χ4n) is 4.79. The molecule has 1 aliphatic heterocycles. The van der Waals surface area contributed by atoms with Crippen LogP contribution in [0.25, 0.3) is 11.1 Å². The monoisotopic (exact) mass is 482 g/mol. The van der Waals surface area contributed by atoms with Gasteiger partial charge >= 0.3 is 0 Å². The number of fused-ring (bicyclic) bond motifs is 1. The number of carbonyl (C=O) groups is 1. The molecule has 7 heteroatoms. The molecule has 188 valence electrons. The zero-order valence-electron chi connectivity index (χ0n) is 21.2. The second-order valence-corrected chi connectivity index (χ2v) is 9.47. The van der Waals surface area contributed by atoms with Gasteiger partial charge in [0.05, 0.1) is 12.2 Å². The molecule has 0 amide bonds. The van der Waals surface area contributed by atoms with Crippen molar-refractivity contribution in [3.8, 4) is 11.5 Å². The number of aromatic nitrogens is 1. The maximum atomic E-state index is 13.3. The Morgan fingerprint density at radius 1 is 1.09 bits per heavy atom. The number of ketones is 1. The minimum absolute atomic E-state index is 0.0949. The van der Waals surface area contributed by atoms with E-state index in [1.165, 1.54) is 31.4 Å². The lowest BCUT2D eigenvalue weighted by Crippen LogP contribution is -2.33.